The van der Waals surface area contributed by atoms with Crippen molar-refractivity contribution in [1.82, 2.24) is 14.8 Å². The van der Waals surface area contributed by atoms with E-state index in [-0.39, 0.29) is 49.0 Å². The summed E-state index contributed by atoms with van der Waals surface area (Å²) in [7, 11) is 6.50. The Kier molecular flexibility index (Phi) is 46.2. The minimum absolute atomic E-state index is 0.0301. The number of ether oxygens (including phenoxy) is 4. The highest BCUT2D eigenvalue weighted by Gasteiger charge is 2.39. The van der Waals surface area contributed by atoms with Crippen molar-refractivity contribution in [3.8, 4) is 12.8 Å². The molecule has 1 aromatic rings. The molecule has 0 amide bonds. The Labute approximate surface area is 449 Å². The standard InChI is InChI=1S/C27H53NO8.C12H19N3S.C10H21NO2.2C2H6.C2H2.CH4O/c1-17(13-28(8)21(5)25(31)27(7,33)16-34-9)11-26(6,32)12-19(3)24(20(4)14-29)36-23-10-18(2)22(30)15-35-23;1-10(13)9-15(14)8-7-11-3-5-12(16-2)6-4-11;1-4-5-11(3)9-6-8(2)13-10(12)7-9;4*1-2/h14,17-25,30-33H,10-13,15-16H2,1-9H3;3-6,9H,7-8,13-14H2,1-2H3;8-10,12H,4-7H2,1-3H3;2*1-2H3;1-2H;2H,1H3/b;10-9-;;;;;/t17-,18?,19-,20+,21?,22+,23+,24+,25?,26-,27-;;;;;;/m1....../s1. The van der Waals surface area contributed by atoms with Gasteiger partial charge in [-0.25, -0.2) is 5.84 Å². The van der Waals surface area contributed by atoms with Gasteiger partial charge in [0.1, 0.15) is 11.9 Å². The Balaban J connectivity index is -0.000000527. The van der Waals surface area contributed by atoms with E-state index < -0.39 is 42.1 Å². The number of aliphatic hydroxyl groups is 6. The zero-order valence-corrected chi connectivity index (χ0v) is 50.0. The average Bonchev–Trinajstić information content (AvgIpc) is 3.35. The number of aldehydes is 1. The number of nitrogens with zero attached hydrogens (tertiary/aromatic N) is 3. The number of terminal acetylenes is 1. The lowest BCUT2D eigenvalue weighted by molar-refractivity contribution is -0.235. The third-order valence-corrected chi connectivity index (χ3v) is 13.2. The van der Waals surface area contributed by atoms with Crippen LogP contribution in [0.15, 0.2) is 41.1 Å². The summed E-state index contributed by atoms with van der Waals surface area (Å²) in [6.45, 7) is 29.8. The van der Waals surface area contributed by atoms with E-state index in [0.717, 1.165) is 51.4 Å². The van der Waals surface area contributed by atoms with Gasteiger partial charge in [0.05, 0.1) is 43.2 Å². The maximum absolute atomic E-state index is 11.6. The van der Waals surface area contributed by atoms with Gasteiger partial charge < -0.3 is 74.9 Å². The number of hydrogen-bond donors (Lipinski definition) is 8. The van der Waals surface area contributed by atoms with E-state index in [9.17, 15) is 30.3 Å². The van der Waals surface area contributed by atoms with Crippen LogP contribution in [0.5, 0.6) is 0 Å². The maximum Gasteiger partial charge on any atom is 0.158 e. The Morgan fingerprint density at radius 1 is 0.973 bits per heavy atom. The third kappa shape index (κ3) is 34.1. The topological polar surface area (TPSA) is 237 Å². The molecule has 16 nitrogen and oxygen atoms in total. The molecule has 3 rings (SSSR count). The van der Waals surface area contributed by atoms with Crippen LogP contribution in [0.2, 0.25) is 0 Å². The fourth-order valence-corrected chi connectivity index (χ4v) is 9.30. The minimum Gasteiger partial charge on any atom is -0.401 e. The number of carbonyl (C=O) groups excluding carboxylic acids is 1. The van der Waals surface area contributed by atoms with Crippen LogP contribution >= 0.6 is 11.8 Å². The van der Waals surface area contributed by atoms with Gasteiger partial charge >= 0.3 is 0 Å². The van der Waals surface area contributed by atoms with Gasteiger partial charge in [0.25, 0.3) is 0 Å². The van der Waals surface area contributed by atoms with Gasteiger partial charge in [-0.1, -0.05) is 74.4 Å². The molecule has 0 aromatic heterocycles. The van der Waals surface area contributed by atoms with Crippen molar-refractivity contribution >= 4 is 18.0 Å². The predicted octanol–water partition coefficient (Wildman–Crippen LogP) is 6.90. The van der Waals surface area contributed by atoms with Crippen molar-refractivity contribution < 1.29 is 54.4 Å². The molecular weight excluding hydrogens is 951 g/mol. The molecular formula is C56H111N5O11S. The smallest absolute Gasteiger partial charge is 0.158 e. The number of benzene rings is 1. The summed E-state index contributed by atoms with van der Waals surface area (Å²) < 4.78 is 22.2. The van der Waals surface area contributed by atoms with Gasteiger partial charge in [-0.15, -0.1) is 24.6 Å². The number of allylic oxidation sites excluding steroid dienone is 1. The summed E-state index contributed by atoms with van der Waals surface area (Å²) in [6.07, 6.45) is 15.3. The van der Waals surface area contributed by atoms with Crippen LogP contribution < -0.4 is 11.6 Å². The number of likely N-dealkylation sites (N-methyl/N-ethyl adjacent to an activating group) is 1. The first-order valence-corrected chi connectivity index (χ1v) is 27.6. The average molecular weight is 1060 g/mol. The van der Waals surface area contributed by atoms with Crippen molar-refractivity contribution in [3.63, 3.8) is 0 Å². The molecule has 10 N–H and O–H groups in total. The van der Waals surface area contributed by atoms with Gasteiger partial charge in [0, 0.05) is 74.9 Å². The first-order valence-electron chi connectivity index (χ1n) is 26.4. The number of methoxy groups -OCH3 is 1. The first-order chi connectivity index (χ1) is 34.3. The van der Waals surface area contributed by atoms with Crippen LogP contribution in [0.3, 0.4) is 0 Å². The molecule has 0 bridgehead atoms. The molecule has 2 aliphatic rings. The number of rotatable bonds is 24. The summed E-state index contributed by atoms with van der Waals surface area (Å²) in [4.78, 5) is 17.2. The molecule has 17 heteroatoms. The van der Waals surface area contributed by atoms with Crippen LogP contribution in [0.1, 0.15) is 141 Å². The lowest BCUT2D eigenvalue weighted by atomic mass is 9.81. The molecule has 0 saturated carbocycles. The summed E-state index contributed by atoms with van der Waals surface area (Å²) in [5.74, 6) is 5.42. The largest absolute Gasteiger partial charge is 0.401 e. The molecule has 0 aliphatic carbocycles. The molecule has 0 spiro atoms. The van der Waals surface area contributed by atoms with E-state index in [4.69, 9.17) is 35.6 Å². The van der Waals surface area contributed by atoms with Crippen molar-refractivity contribution in [2.75, 3.05) is 67.4 Å². The van der Waals surface area contributed by atoms with Gasteiger partial charge in [-0.3, -0.25) is 0 Å². The molecule has 2 heterocycles. The number of hydrogen-bond acceptors (Lipinski definition) is 17. The highest BCUT2D eigenvalue weighted by molar-refractivity contribution is 7.98. The Hall–Kier alpha value is -2.38. The molecule has 432 valence electrons. The summed E-state index contributed by atoms with van der Waals surface area (Å²) in [6, 6.07) is 8.70. The van der Waals surface area contributed by atoms with Crippen molar-refractivity contribution in [3.05, 3.63) is 41.7 Å². The Morgan fingerprint density at radius 2 is 1.53 bits per heavy atom. The monoisotopic (exact) mass is 1060 g/mol. The first kappa shape index (κ1) is 77.1. The SMILES string of the molecule is C#C.CC.CC.CCCN(C)C1CC(C)OC(O)C1.CO.COC[C@@](C)(O)C(O)C(C)N(C)C[C@H](C)C[C@@](C)(O)C[C@@H](C)[C@H](O[C@H]1CC(C)[C@@H](O)CO1)[C@@H](C)C=O.CSc1ccc(CCN(N)/C=C(/C)N)cc1. The van der Waals surface area contributed by atoms with Crippen LogP contribution in [0.25, 0.3) is 0 Å². The van der Waals surface area contributed by atoms with Gasteiger partial charge in [0.2, 0.25) is 0 Å². The van der Waals surface area contributed by atoms with E-state index in [1.54, 1.807) is 36.8 Å². The number of carbonyl (C=O) groups is 1. The van der Waals surface area contributed by atoms with Crippen LogP contribution in [0.4, 0.5) is 0 Å². The third-order valence-electron chi connectivity index (χ3n) is 12.5. The molecule has 2 aliphatic heterocycles. The van der Waals surface area contributed by atoms with E-state index in [2.05, 4.69) is 62.2 Å². The van der Waals surface area contributed by atoms with Crippen LogP contribution in [-0.2, 0) is 30.2 Å². The number of hydrazine groups is 1. The van der Waals surface area contributed by atoms with Gasteiger partial charge in [-0.2, -0.15) is 0 Å². The number of thioether (sulfide) groups is 1. The Bertz CT molecular complexity index is 1500. The lowest BCUT2D eigenvalue weighted by Gasteiger charge is -2.40. The second-order valence-corrected chi connectivity index (χ2v) is 20.6. The predicted molar refractivity (Wildman–Crippen MR) is 302 cm³/mol. The zero-order valence-electron chi connectivity index (χ0n) is 49.2. The normalized spacial score (nSPS) is 23.6. The molecule has 2 fully saturated rings. The molecule has 73 heavy (non-hydrogen) atoms. The maximum atomic E-state index is 11.6. The van der Waals surface area contributed by atoms with Gasteiger partial charge in [0.15, 0.2) is 12.6 Å². The molecule has 0 radical (unpaired) electrons. The highest BCUT2D eigenvalue weighted by atomic mass is 32.2. The molecule has 6 unspecified atom stereocenters. The zero-order chi connectivity index (χ0) is 57.7. The second kappa shape index (κ2) is 43.7. The Morgan fingerprint density at radius 3 is 2.00 bits per heavy atom. The van der Waals surface area contributed by atoms with Crippen LogP contribution in [0, 0.1) is 36.5 Å². The van der Waals surface area contributed by atoms with E-state index in [1.807, 2.05) is 88.1 Å². The highest BCUT2D eigenvalue weighted by Crippen LogP contribution is 2.32. The molecule has 1 aromatic carbocycles. The van der Waals surface area contributed by atoms with Crippen molar-refractivity contribution in [2.45, 2.75) is 207 Å². The van der Waals surface area contributed by atoms with Crippen LogP contribution in [-0.4, -0.2) is 179 Å². The summed E-state index contributed by atoms with van der Waals surface area (Å²) in [5, 5.41) is 60.3. The molecule has 2 saturated heterocycles. The lowest BCUT2D eigenvalue weighted by Crippen LogP contribution is -2.54. The van der Waals surface area contributed by atoms with Crippen molar-refractivity contribution in [1.29, 1.82) is 0 Å². The fraction of sp³-hybridized carbons (Fsp3) is 0.804. The van der Waals surface area contributed by atoms with Crippen molar-refractivity contribution in [2.24, 2.45) is 35.2 Å². The summed E-state index contributed by atoms with van der Waals surface area (Å²) >= 11 is 1.75. The fourth-order valence-electron chi connectivity index (χ4n) is 8.89. The van der Waals surface area contributed by atoms with Gasteiger partial charge in [-0.05, 0) is 129 Å². The minimum atomic E-state index is -1.37. The molecule has 14 atom stereocenters. The summed E-state index contributed by atoms with van der Waals surface area (Å²) in [5.41, 5.74) is 5.19. The van der Waals surface area contributed by atoms with E-state index in [0.29, 0.717) is 31.8 Å². The number of nitrogens with two attached hydrogens (primary N) is 2. The quantitative estimate of drug-likeness (QED) is 0.0173. The van der Waals surface area contributed by atoms with E-state index >= 15 is 0 Å². The number of aliphatic hydroxyl groups excluding tert-OH is 4. The van der Waals surface area contributed by atoms with E-state index in [1.165, 1.54) is 24.0 Å². The second-order valence-electron chi connectivity index (χ2n) is 19.8.